The minimum Gasteiger partial charge on any atom is -0.508 e. The molecule has 1 aromatic heterocycles. The van der Waals surface area contributed by atoms with Crippen molar-refractivity contribution in [2.24, 2.45) is 0 Å². The molecule has 0 saturated heterocycles. The molecular weight excluding hydrogens is 276 g/mol. The van der Waals surface area contributed by atoms with Crippen molar-refractivity contribution < 1.29 is 5.11 Å². The topological polar surface area (TPSA) is 66.0 Å². The molecule has 22 heavy (non-hydrogen) atoms. The van der Waals surface area contributed by atoms with Crippen molar-refractivity contribution in [1.29, 1.82) is 0 Å². The van der Waals surface area contributed by atoms with Crippen molar-refractivity contribution >= 4 is 21.7 Å². The fraction of sp³-hybridized carbons (Fsp3) is 0. The molecule has 0 aliphatic rings. The van der Waals surface area contributed by atoms with E-state index in [2.05, 4.69) is 9.97 Å². The largest absolute Gasteiger partial charge is 0.508 e. The second-order valence-corrected chi connectivity index (χ2v) is 5.15. The number of fused-ring (bicyclic) bond motifs is 3. The number of hydrogen-bond acceptors (Lipinski definition) is 3. The molecule has 1 heterocycles. The quantitative estimate of drug-likeness (QED) is 0.527. The van der Waals surface area contributed by atoms with Gasteiger partial charge in [0.15, 0.2) is 0 Å². The average molecular weight is 288 g/mol. The van der Waals surface area contributed by atoms with Crippen LogP contribution in [0.3, 0.4) is 0 Å². The fourth-order valence-electron chi connectivity index (χ4n) is 2.74. The van der Waals surface area contributed by atoms with Gasteiger partial charge in [0.2, 0.25) is 0 Å². The maximum Gasteiger partial charge on any atom is 0.345 e. The van der Waals surface area contributed by atoms with Gasteiger partial charge in [-0.15, -0.1) is 0 Å². The van der Waals surface area contributed by atoms with Crippen molar-refractivity contribution in [2.75, 3.05) is 0 Å². The first-order chi connectivity index (χ1) is 10.7. The number of H-pyrrole nitrogens is 1. The summed E-state index contributed by atoms with van der Waals surface area (Å²) < 4.78 is 0. The lowest BCUT2D eigenvalue weighted by Crippen LogP contribution is -2.11. The Morgan fingerprint density at radius 3 is 2.45 bits per heavy atom. The van der Waals surface area contributed by atoms with Crippen LogP contribution < -0.4 is 5.69 Å². The van der Waals surface area contributed by atoms with Crippen LogP contribution in [0.25, 0.3) is 32.9 Å². The number of rotatable bonds is 1. The Hall–Kier alpha value is -3.14. The summed E-state index contributed by atoms with van der Waals surface area (Å²) in [7, 11) is 0. The van der Waals surface area contributed by atoms with E-state index in [4.69, 9.17) is 0 Å². The van der Waals surface area contributed by atoms with Crippen LogP contribution in [0.4, 0.5) is 0 Å². The standard InChI is InChI=1S/C18H12N2O2/c21-13-8-5-12(6-9-13)16-15-10-7-11-3-1-2-4-14(11)17(15)20-18(22)19-16/h1-10,21H,(H,19,20,22). The zero-order valence-electron chi connectivity index (χ0n) is 11.6. The van der Waals surface area contributed by atoms with E-state index in [1.807, 2.05) is 36.4 Å². The molecule has 0 spiro atoms. The predicted molar refractivity (Wildman–Crippen MR) is 87.0 cm³/mol. The summed E-state index contributed by atoms with van der Waals surface area (Å²) in [5.41, 5.74) is 1.81. The summed E-state index contributed by atoms with van der Waals surface area (Å²) in [5.74, 6) is 0.184. The molecule has 3 aromatic carbocycles. The van der Waals surface area contributed by atoms with Crippen molar-refractivity contribution in [2.45, 2.75) is 0 Å². The van der Waals surface area contributed by atoms with Gasteiger partial charge in [-0.25, -0.2) is 4.79 Å². The van der Waals surface area contributed by atoms with Gasteiger partial charge in [0.1, 0.15) is 5.75 Å². The van der Waals surface area contributed by atoms with E-state index in [0.29, 0.717) is 5.69 Å². The summed E-state index contributed by atoms with van der Waals surface area (Å²) in [6, 6.07) is 18.6. The van der Waals surface area contributed by atoms with Crippen LogP contribution in [0, 0.1) is 0 Å². The van der Waals surface area contributed by atoms with Crippen LogP contribution >= 0.6 is 0 Å². The Morgan fingerprint density at radius 2 is 1.64 bits per heavy atom. The predicted octanol–water partition coefficient (Wildman–Crippen LogP) is 3.45. The second kappa shape index (κ2) is 4.70. The molecule has 0 unspecified atom stereocenters. The van der Waals surface area contributed by atoms with Crippen LogP contribution in [0.15, 0.2) is 65.5 Å². The molecule has 0 aliphatic carbocycles. The van der Waals surface area contributed by atoms with Gasteiger partial charge < -0.3 is 10.1 Å². The molecule has 4 rings (SSSR count). The van der Waals surface area contributed by atoms with Gasteiger partial charge in [0, 0.05) is 16.3 Å². The van der Waals surface area contributed by atoms with Crippen LogP contribution in [-0.2, 0) is 0 Å². The SMILES string of the molecule is O=c1nc(-c2ccc(O)cc2)c2ccc3ccccc3c2[nH]1. The molecule has 2 N–H and O–H groups in total. The van der Waals surface area contributed by atoms with Gasteiger partial charge >= 0.3 is 5.69 Å². The molecule has 0 amide bonds. The van der Waals surface area contributed by atoms with E-state index in [1.165, 1.54) is 0 Å². The second-order valence-electron chi connectivity index (χ2n) is 5.15. The zero-order chi connectivity index (χ0) is 15.1. The monoisotopic (exact) mass is 288 g/mol. The van der Waals surface area contributed by atoms with Gasteiger partial charge in [0.25, 0.3) is 0 Å². The third-order valence-electron chi connectivity index (χ3n) is 3.77. The Bertz CT molecular complexity index is 1050. The number of aromatic nitrogens is 2. The smallest absolute Gasteiger partial charge is 0.345 e. The van der Waals surface area contributed by atoms with E-state index in [9.17, 15) is 9.90 Å². The highest BCUT2D eigenvalue weighted by Crippen LogP contribution is 2.29. The van der Waals surface area contributed by atoms with Crippen LogP contribution in [0.1, 0.15) is 0 Å². The van der Waals surface area contributed by atoms with Gasteiger partial charge in [0.05, 0.1) is 11.2 Å². The first-order valence-corrected chi connectivity index (χ1v) is 6.93. The number of hydrogen-bond donors (Lipinski definition) is 2. The van der Waals surface area contributed by atoms with Gasteiger partial charge in [-0.2, -0.15) is 4.98 Å². The van der Waals surface area contributed by atoms with E-state index < -0.39 is 0 Å². The van der Waals surface area contributed by atoms with E-state index in [1.54, 1.807) is 24.3 Å². The minimum atomic E-state index is -0.382. The number of phenols is 1. The Kier molecular flexibility index (Phi) is 2.69. The van der Waals surface area contributed by atoms with Crippen molar-refractivity contribution in [3.8, 4) is 17.0 Å². The molecule has 0 saturated carbocycles. The Balaban J connectivity index is 2.13. The van der Waals surface area contributed by atoms with Crippen LogP contribution in [0.2, 0.25) is 0 Å². The number of benzene rings is 3. The number of nitrogens with zero attached hydrogens (tertiary/aromatic N) is 1. The number of aromatic hydroxyl groups is 1. The van der Waals surface area contributed by atoms with Crippen molar-refractivity contribution in [3.63, 3.8) is 0 Å². The van der Waals surface area contributed by atoms with Gasteiger partial charge in [-0.3, -0.25) is 0 Å². The molecular formula is C18H12N2O2. The summed E-state index contributed by atoms with van der Waals surface area (Å²) in [6.07, 6.45) is 0. The van der Waals surface area contributed by atoms with Crippen LogP contribution in [-0.4, -0.2) is 15.1 Å². The third-order valence-corrected chi connectivity index (χ3v) is 3.77. The molecule has 4 nitrogen and oxygen atoms in total. The number of phenolic OH excluding ortho intramolecular Hbond substituents is 1. The highest BCUT2D eigenvalue weighted by atomic mass is 16.3. The first-order valence-electron chi connectivity index (χ1n) is 6.93. The van der Waals surface area contributed by atoms with E-state index in [0.717, 1.165) is 27.2 Å². The average Bonchev–Trinajstić information content (AvgIpc) is 2.55. The molecule has 0 radical (unpaired) electrons. The van der Waals surface area contributed by atoms with Gasteiger partial charge in [-0.1, -0.05) is 36.4 Å². The highest BCUT2D eigenvalue weighted by Gasteiger charge is 2.10. The normalized spacial score (nSPS) is 11.1. The summed E-state index contributed by atoms with van der Waals surface area (Å²) in [6.45, 7) is 0. The van der Waals surface area contributed by atoms with E-state index >= 15 is 0 Å². The first kappa shape index (κ1) is 12.6. The molecule has 4 aromatic rings. The molecule has 0 aliphatic heterocycles. The Morgan fingerprint density at radius 1 is 0.864 bits per heavy atom. The zero-order valence-corrected chi connectivity index (χ0v) is 11.6. The van der Waals surface area contributed by atoms with Gasteiger partial charge in [-0.05, 0) is 29.7 Å². The lowest BCUT2D eigenvalue weighted by Gasteiger charge is -2.08. The lowest BCUT2D eigenvalue weighted by molar-refractivity contribution is 0.475. The minimum absolute atomic E-state index is 0.184. The number of aromatic amines is 1. The Labute approximate surface area is 125 Å². The molecule has 4 heteroatoms. The molecule has 0 bridgehead atoms. The summed E-state index contributed by atoms with van der Waals surface area (Å²) in [5, 5.41) is 12.4. The molecule has 0 atom stereocenters. The summed E-state index contributed by atoms with van der Waals surface area (Å²) >= 11 is 0. The molecule has 0 fully saturated rings. The van der Waals surface area contributed by atoms with Crippen molar-refractivity contribution in [1.82, 2.24) is 9.97 Å². The fourth-order valence-corrected chi connectivity index (χ4v) is 2.74. The maximum absolute atomic E-state index is 12.0. The third kappa shape index (κ3) is 1.93. The lowest BCUT2D eigenvalue weighted by atomic mass is 10.0. The number of nitrogens with one attached hydrogen (secondary N) is 1. The van der Waals surface area contributed by atoms with Crippen molar-refractivity contribution in [3.05, 3.63) is 71.1 Å². The summed E-state index contributed by atoms with van der Waals surface area (Å²) in [4.78, 5) is 18.9. The van der Waals surface area contributed by atoms with Crippen LogP contribution in [0.5, 0.6) is 5.75 Å². The highest BCUT2D eigenvalue weighted by molar-refractivity contribution is 6.08. The molecule has 106 valence electrons. The van der Waals surface area contributed by atoms with E-state index in [-0.39, 0.29) is 11.4 Å². The maximum atomic E-state index is 12.0.